The lowest BCUT2D eigenvalue weighted by molar-refractivity contribution is -0.149. The van der Waals surface area contributed by atoms with Crippen molar-refractivity contribution in [1.82, 2.24) is 9.55 Å². The monoisotopic (exact) mass is 306 g/mol. The number of rotatable bonds is 3. The number of halogens is 1. The van der Waals surface area contributed by atoms with Crippen molar-refractivity contribution in [2.75, 3.05) is 0 Å². The molecule has 1 aromatic heterocycles. The Morgan fingerprint density at radius 3 is 2.81 bits per heavy atom. The van der Waals surface area contributed by atoms with Gasteiger partial charge in [-0.05, 0) is 43.9 Å². The van der Waals surface area contributed by atoms with E-state index in [1.54, 1.807) is 0 Å². The summed E-state index contributed by atoms with van der Waals surface area (Å²) in [5.41, 5.74) is 1.91. The molecule has 2 heterocycles. The van der Waals surface area contributed by atoms with Gasteiger partial charge in [-0.3, -0.25) is 0 Å². The Hall–Kier alpha value is -1.59. The Morgan fingerprint density at radius 1 is 1.33 bits per heavy atom. The predicted molar refractivity (Wildman–Crippen MR) is 77.5 cm³/mol. The summed E-state index contributed by atoms with van der Waals surface area (Å²) in [6.45, 7) is 0. The second-order valence-corrected chi connectivity index (χ2v) is 6.17. The maximum absolute atomic E-state index is 11.1. The van der Waals surface area contributed by atoms with Gasteiger partial charge in [-0.2, -0.15) is 0 Å². The van der Waals surface area contributed by atoms with Crippen molar-refractivity contribution in [3.05, 3.63) is 29.0 Å². The van der Waals surface area contributed by atoms with Gasteiger partial charge in [-0.25, -0.2) is 9.78 Å². The fourth-order valence-corrected chi connectivity index (χ4v) is 3.21. The first-order valence-corrected chi connectivity index (χ1v) is 7.57. The molecule has 5 nitrogen and oxygen atoms in total. The van der Waals surface area contributed by atoms with Gasteiger partial charge in [-0.15, -0.1) is 0 Å². The van der Waals surface area contributed by atoms with Crippen LogP contribution in [0.5, 0.6) is 0 Å². The third-order valence-electron chi connectivity index (χ3n) is 4.17. The van der Waals surface area contributed by atoms with Crippen LogP contribution in [0.1, 0.15) is 43.7 Å². The third kappa shape index (κ3) is 2.21. The molecule has 21 heavy (non-hydrogen) atoms. The van der Waals surface area contributed by atoms with E-state index in [1.807, 2.05) is 18.2 Å². The molecule has 1 saturated heterocycles. The Labute approximate surface area is 126 Å². The summed E-state index contributed by atoms with van der Waals surface area (Å²) < 4.78 is 7.88. The molecular weight excluding hydrogens is 292 g/mol. The van der Waals surface area contributed by atoms with Crippen molar-refractivity contribution in [3.8, 4) is 0 Å². The Balaban J connectivity index is 1.77. The van der Waals surface area contributed by atoms with Crippen LogP contribution in [-0.4, -0.2) is 26.7 Å². The van der Waals surface area contributed by atoms with E-state index in [1.165, 1.54) is 0 Å². The van der Waals surface area contributed by atoms with E-state index < -0.39 is 12.1 Å². The van der Waals surface area contributed by atoms with E-state index in [9.17, 15) is 4.79 Å². The van der Waals surface area contributed by atoms with Crippen molar-refractivity contribution >= 4 is 28.6 Å². The number of benzene rings is 1. The quantitative estimate of drug-likeness (QED) is 0.944. The highest BCUT2D eigenvalue weighted by atomic mass is 35.5. The lowest BCUT2D eigenvalue weighted by atomic mass is 10.2. The normalized spacial score (nSPS) is 25.6. The number of nitrogens with zero attached hydrogens (tertiary/aromatic N) is 2. The molecule has 0 spiro atoms. The molecule has 110 valence electrons. The first-order valence-electron chi connectivity index (χ1n) is 7.19. The van der Waals surface area contributed by atoms with Crippen molar-refractivity contribution in [2.45, 2.75) is 43.9 Å². The SMILES string of the molecule is O=C(O)C1CCC(c2nc3cc(Cl)ccc3n2C2CC2)O1. The Morgan fingerprint density at radius 2 is 2.14 bits per heavy atom. The van der Waals surface area contributed by atoms with Gasteiger partial charge in [0.2, 0.25) is 0 Å². The number of ether oxygens (including phenoxy) is 1. The van der Waals surface area contributed by atoms with Gasteiger partial charge in [0.25, 0.3) is 0 Å². The van der Waals surface area contributed by atoms with E-state index in [4.69, 9.17) is 21.4 Å². The maximum Gasteiger partial charge on any atom is 0.332 e. The second-order valence-electron chi connectivity index (χ2n) is 5.73. The minimum absolute atomic E-state index is 0.238. The molecule has 1 N–H and O–H groups in total. The fraction of sp³-hybridized carbons (Fsp3) is 0.467. The van der Waals surface area contributed by atoms with E-state index in [0.717, 1.165) is 29.7 Å². The maximum atomic E-state index is 11.1. The largest absolute Gasteiger partial charge is 0.479 e. The standard InChI is InChI=1S/C15H15ClN2O3/c16-8-1-4-11-10(7-8)17-14(18(11)9-2-3-9)12-5-6-13(21-12)15(19)20/h1,4,7,9,12-13H,2-3,5-6H2,(H,19,20). The minimum Gasteiger partial charge on any atom is -0.479 e. The fourth-order valence-electron chi connectivity index (χ4n) is 3.04. The zero-order chi connectivity index (χ0) is 14.6. The highest BCUT2D eigenvalue weighted by Gasteiger charge is 2.37. The number of carboxylic acid groups (broad SMARTS) is 1. The summed E-state index contributed by atoms with van der Waals surface area (Å²) in [5, 5.41) is 9.73. The van der Waals surface area contributed by atoms with Crippen LogP contribution < -0.4 is 0 Å². The minimum atomic E-state index is -0.894. The van der Waals surface area contributed by atoms with E-state index in [2.05, 4.69) is 9.55 Å². The van der Waals surface area contributed by atoms with Crippen LogP contribution in [0.25, 0.3) is 11.0 Å². The number of hydrogen-bond donors (Lipinski definition) is 1. The molecular formula is C15H15ClN2O3. The molecule has 2 aromatic rings. The third-order valence-corrected chi connectivity index (χ3v) is 4.41. The molecule has 6 heteroatoms. The van der Waals surface area contributed by atoms with Crippen LogP contribution >= 0.6 is 11.6 Å². The molecule has 0 bridgehead atoms. The van der Waals surface area contributed by atoms with Crippen molar-refractivity contribution in [3.63, 3.8) is 0 Å². The van der Waals surface area contributed by atoms with Crippen molar-refractivity contribution in [1.29, 1.82) is 0 Å². The molecule has 0 radical (unpaired) electrons. The smallest absolute Gasteiger partial charge is 0.332 e. The van der Waals surface area contributed by atoms with Crippen LogP contribution in [0.15, 0.2) is 18.2 Å². The van der Waals surface area contributed by atoms with Crippen LogP contribution in [0.3, 0.4) is 0 Å². The number of imidazole rings is 1. The van der Waals surface area contributed by atoms with Gasteiger partial charge in [0, 0.05) is 11.1 Å². The molecule has 1 aliphatic carbocycles. The highest BCUT2D eigenvalue weighted by molar-refractivity contribution is 6.31. The number of carboxylic acids is 1. The lowest BCUT2D eigenvalue weighted by Crippen LogP contribution is -2.19. The average molecular weight is 307 g/mol. The molecule has 2 fully saturated rings. The zero-order valence-corrected chi connectivity index (χ0v) is 12.1. The predicted octanol–water partition coefficient (Wildman–Crippen LogP) is 3.33. The first kappa shape index (κ1) is 13.1. The molecule has 2 unspecified atom stereocenters. The Bertz CT molecular complexity index is 723. The van der Waals surface area contributed by atoms with Gasteiger partial charge in [0.05, 0.1) is 11.0 Å². The number of carbonyl (C=O) groups is 1. The van der Waals surface area contributed by atoms with Crippen LogP contribution in [0.2, 0.25) is 5.02 Å². The summed E-state index contributed by atoms with van der Waals surface area (Å²) in [6.07, 6.45) is 2.55. The van der Waals surface area contributed by atoms with Crippen LogP contribution in [-0.2, 0) is 9.53 Å². The topological polar surface area (TPSA) is 64.3 Å². The van der Waals surface area contributed by atoms with E-state index >= 15 is 0 Å². The van der Waals surface area contributed by atoms with E-state index in [0.29, 0.717) is 23.9 Å². The molecule has 1 saturated carbocycles. The zero-order valence-electron chi connectivity index (χ0n) is 11.3. The summed E-state index contributed by atoms with van der Waals surface area (Å²) in [4.78, 5) is 15.7. The van der Waals surface area contributed by atoms with Crippen LogP contribution in [0, 0.1) is 0 Å². The number of aromatic nitrogens is 2. The first-order chi connectivity index (χ1) is 10.1. The van der Waals surface area contributed by atoms with E-state index in [-0.39, 0.29) is 6.10 Å². The molecule has 1 aromatic carbocycles. The van der Waals surface area contributed by atoms with Gasteiger partial charge >= 0.3 is 5.97 Å². The number of aliphatic carboxylic acids is 1. The van der Waals surface area contributed by atoms with Gasteiger partial charge in [0.15, 0.2) is 6.10 Å². The highest BCUT2D eigenvalue weighted by Crippen LogP contribution is 2.43. The molecule has 4 rings (SSSR count). The summed E-state index contributed by atoms with van der Waals surface area (Å²) in [7, 11) is 0. The second kappa shape index (κ2) is 4.71. The summed E-state index contributed by atoms with van der Waals surface area (Å²) in [6, 6.07) is 6.15. The van der Waals surface area contributed by atoms with Gasteiger partial charge in [-0.1, -0.05) is 11.6 Å². The van der Waals surface area contributed by atoms with Crippen molar-refractivity contribution < 1.29 is 14.6 Å². The van der Waals surface area contributed by atoms with Crippen LogP contribution in [0.4, 0.5) is 0 Å². The Kier molecular flexibility index (Phi) is 2.94. The van der Waals surface area contributed by atoms with Gasteiger partial charge < -0.3 is 14.4 Å². The number of hydrogen-bond acceptors (Lipinski definition) is 3. The lowest BCUT2D eigenvalue weighted by Gasteiger charge is -2.13. The summed E-state index contributed by atoms with van der Waals surface area (Å²) in [5.74, 6) is -0.0480. The molecule has 2 aliphatic rings. The summed E-state index contributed by atoms with van der Waals surface area (Å²) >= 11 is 6.04. The molecule has 2 atom stereocenters. The average Bonchev–Trinajstić information content (AvgIpc) is 3.02. The van der Waals surface area contributed by atoms with Gasteiger partial charge in [0.1, 0.15) is 11.9 Å². The van der Waals surface area contributed by atoms with Crippen molar-refractivity contribution in [2.24, 2.45) is 0 Å². The number of fused-ring (bicyclic) bond motifs is 1. The molecule has 1 aliphatic heterocycles. The molecule has 0 amide bonds.